The molecule has 3 rings (SSSR count). The molecule has 0 radical (unpaired) electrons. The quantitative estimate of drug-likeness (QED) is 0.542. The SMILES string of the molecule is CC(=Nc1cccc(OC(CN(C)C)c2cccnc2)c1)c1c(C)nnc(N(C)C)c1N. The summed E-state index contributed by atoms with van der Waals surface area (Å²) in [6.45, 7) is 4.54. The van der Waals surface area contributed by atoms with Crippen molar-refractivity contribution in [3.63, 3.8) is 0 Å². The van der Waals surface area contributed by atoms with Gasteiger partial charge in [0.1, 0.15) is 11.9 Å². The number of rotatable bonds is 8. The van der Waals surface area contributed by atoms with Gasteiger partial charge in [-0.25, -0.2) is 0 Å². The Labute approximate surface area is 189 Å². The first-order valence-corrected chi connectivity index (χ1v) is 10.4. The maximum atomic E-state index is 6.39. The van der Waals surface area contributed by atoms with Crippen molar-refractivity contribution in [2.24, 2.45) is 4.99 Å². The highest BCUT2D eigenvalue weighted by Crippen LogP contribution is 2.29. The van der Waals surface area contributed by atoms with Crippen LogP contribution in [0, 0.1) is 6.92 Å². The molecule has 32 heavy (non-hydrogen) atoms. The van der Waals surface area contributed by atoms with Crippen LogP contribution in [0.5, 0.6) is 5.75 Å². The largest absolute Gasteiger partial charge is 0.484 e. The topological polar surface area (TPSA) is 92.8 Å². The Bertz CT molecular complexity index is 1080. The van der Waals surface area contributed by atoms with Crippen LogP contribution in [0.15, 0.2) is 53.8 Å². The van der Waals surface area contributed by atoms with Gasteiger partial charge in [-0.1, -0.05) is 12.1 Å². The zero-order valence-corrected chi connectivity index (χ0v) is 19.6. The number of nitrogens with two attached hydrogens (primary N) is 1. The van der Waals surface area contributed by atoms with Crippen LogP contribution in [0.3, 0.4) is 0 Å². The number of hydrogen-bond acceptors (Lipinski definition) is 8. The smallest absolute Gasteiger partial charge is 0.174 e. The van der Waals surface area contributed by atoms with Crippen LogP contribution in [0.1, 0.15) is 29.8 Å². The van der Waals surface area contributed by atoms with E-state index in [2.05, 4.69) is 20.1 Å². The van der Waals surface area contributed by atoms with E-state index in [1.807, 2.05) is 89.5 Å². The molecule has 0 amide bonds. The molecule has 1 atom stereocenters. The first-order chi connectivity index (χ1) is 15.3. The van der Waals surface area contributed by atoms with Gasteiger partial charge in [-0.2, -0.15) is 5.10 Å². The van der Waals surface area contributed by atoms with Crippen molar-refractivity contribution in [3.05, 3.63) is 65.6 Å². The molecule has 0 fully saturated rings. The van der Waals surface area contributed by atoms with Crippen LogP contribution >= 0.6 is 0 Å². The molecule has 0 saturated carbocycles. The molecule has 8 heteroatoms. The van der Waals surface area contributed by atoms with Gasteiger partial charge in [0.2, 0.25) is 0 Å². The second-order valence-corrected chi connectivity index (χ2v) is 8.14. The number of ether oxygens (including phenoxy) is 1. The van der Waals surface area contributed by atoms with Crippen LogP contribution in [0.25, 0.3) is 0 Å². The number of likely N-dealkylation sites (N-methyl/N-ethyl adjacent to an activating group) is 1. The summed E-state index contributed by atoms with van der Waals surface area (Å²) in [4.78, 5) is 13.0. The average molecular weight is 434 g/mol. The molecule has 0 aliphatic heterocycles. The van der Waals surface area contributed by atoms with Gasteiger partial charge in [-0.15, -0.1) is 5.10 Å². The maximum absolute atomic E-state index is 6.39. The number of pyridine rings is 1. The van der Waals surface area contributed by atoms with Gasteiger partial charge in [-0.05, 0) is 46.1 Å². The molecule has 1 unspecified atom stereocenters. The Balaban J connectivity index is 1.90. The third-order valence-electron chi connectivity index (χ3n) is 4.93. The number of anilines is 2. The maximum Gasteiger partial charge on any atom is 0.174 e. The Hall–Kier alpha value is -3.52. The molecule has 2 N–H and O–H groups in total. The lowest BCUT2D eigenvalue weighted by Crippen LogP contribution is -2.24. The van der Waals surface area contributed by atoms with Gasteiger partial charge in [0.15, 0.2) is 5.82 Å². The number of aliphatic imine (C=N–C) groups is 1. The summed E-state index contributed by atoms with van der Waals surface area (Å²) < 4.78 is 6.33. The zero-order chi connectivity index (χ0) is 23.3. The van der Waals surface area contributed by atoms with Crippen LogP contribution in [0.2, 0.25) is 0 Å². The molecule has 0 aliphatic carbocycles. The Kier molecular flexibility index (Phi) is 7.37. The third kappa shape index (κ3) is 5.59. The van der Waals surface area contributed by atoms with E-state index in [4.69, 9.17) is 15.5 Å². The molecular formula is C24H31N7O. The van der Waals surface area contributed by atoms with Gasteiger partial charge in [0, 0.05) is 55.9 Å². The molecule has 168 valence electrons. The normalized spacial score (nSPS) is 12.7. The van der Waals surface area contributed by atoms with Gasteiger partial charge >= 0.3 is 0 Å². The molecule has 0 bridgehead atoms. The van der Waals surface area contributed by atoms with E-state index in [0.29, 0.717) is 11.5 Å². The van der Waals surface area contributed by atoms with E-state index in [-0.39, 0.29) is 6.10 Å². The predicted molar refractivity (Wildman–Crippen MR) is 130 cm³/mol. The summed E-state index contributed by atoms with van der Waals surface area (Å²) in [5.41, 5.74) is 11.1. The van der Waals surface area contributed by atoms with E-state index in [1.165, 1.54) is 0 Å². The fraction of sp³-hybridized carbons (Fsp3) is 0.333. The highest BCUT2D eigenvalue weighted by molar-refractivity contribution is 6.06. The molecule has 0 aliphatic rings. The van der Waals surface area contributed by atoms with Crippen LogP contribution < -0.4 is 15.4 Å². The van der Waals surface area contributed by atoms with E-state index < -0.39 is 0 Å². The number of nitrogens with zero attached hydrogens (tertiary/aromatic N) is 6. The summed E-state index contributed by atoms with van der Waals surface area (Å²) in [5.74, 6) is 1.36. The predicted octanol–water partition coefficient (Wildman–Crippen LogP) is 3.65. The van der Waals surface area contributed by atoms with Crippen LogP contribution in [-0.2, 0) is 0 Å². The molecule has 3 aromatic rings. The van der Waals surface area contributed by atoms with E-state index in [9.17, 15) is 0 Å². The van der Waals surface area contributed by atoms with Crippen molar-refractivity contribution in [2.45, 2.75) is 20.0 Å². The molecule has 0 saturated heterocycles. The monoisotopic (exact) mass is 433 g/mol. The third-order valence-corrected chi connectivity index (χ3v) is 4.93. The van der Waals surface area contributed by atoms with Crippen molar-refractivity contribution in [1.29, 1.82) is 0 Å². The summed E-state index contributed by atoms with van der Waals surface area (Å²) >= 11 is 0. The summed E-state index contributed by atoms with van der Waals surface area (Å²) in [6.07, 6.45) is 3.45. The fourth-order valence-corrected chi connectivity index (χ4v) is 3.47. The minimum Gasteiger partial charge on any atom is -0.484 e. The van der Waals surface area contributed by atoms with Crippen molar-refractivity contribution >= 4 is 22.9 Å². The number of hydrogen-bond donors (Lipinski definition) is 1. The van der Waals surface area contributed by atoms with E-state index in [0.717, 1.165) is 40.5 Å². The van der Waals surface area contributed by atoms with E-state index >= 15 is 0 Å². The summed E-state index contributed by atoms with van der Waals surface area (Å²) in [5, 5.41) is 8.45. The zero-order valence-electron chi connectivity index (χ0n) is 19.6. The number of aryl methyl sites for hydroxylation is 1. The Morgan fingerprint density at radius 1 is 1.12 bits per heavy atom. The number of nitrogen functional groups attached to an aromatic ring is 1. The molecular weight excluding hydrogens is 402 g/mol. The second kappa shape index (κ2) is 10.2. The fourth-order valence-electron chi connectivity index (χ4n) is 3.47. The lowest BCUT2D eigenvalue weighted by molar-refractivity contribution is 0.162. The van der Waals surface area contributed by atoms with Crippen molar-refractivity contribution in [1.82, 2.24) is 20.1 Å². The lowest BCUT2D eigenvalue weighted by Gasteiger charge is -2.23. The second-order valence-electron chi connectivity index (χ2n) is 8.14. The highest BCUT2D eigenvalue weighted by Gasteiger charge is 2.17. The first kappa shape index (κ1) is 23.1. The van der Waals surface area contributed by atoms with E-state index in [1.54, 1.807) is 6.20 Å². The molecule has 2 aromatic heterocycles. The van der Waals surface area contributed by atoms with Gasteiger partial charge in [0.05, 0.1) is 17.1 Å². The number of aromatic nitrogens is 3. The number of benzene rings is 1. The molecule has 2 heterocycles. The highest BCUT2D eigenvalue weighted by atomic mass is 16.5. The van der Waals surface area contributed by atoms with Gasteiger partial charge in [-0.3, -0.25) is 9.98 Å². The standard InChI is InChI=1S/C24H31N7O/c1-16(22-17(2)28-29-24(23(22)25)31(5)6)27-19-10-7-11-20(13-19)32-21(15-30(3)4)18-9-8-12-26-14-18/h7-14,21H,15H2,1-6H3,(H2,25,28). The minimum absolute atomic E-state index is 0.149. The van der Waals surface area contributed by atoms with Crippen LogP contribution in [0.4, 0.5) is 17.2 Å². The lowest BCUT2D eigenvalue weighted by atomic mass is 10.1. The molecule has 8 nitrogen and oxygen atoms in total. The molecule has 0 spiro atoms. The van der Waals surface area contributed by atoms with Crippen LogP contribution in [-0.4, -0.2) is 60.5 Å². The average Bonchev–Trinajstić information content (AvgIpc) is 2.73. The van der Waals surface area contributed by atoms with Crippen molar-refractivity contribution < 1.29 is 4.74 Å². The summed E-state index contributed by atoms with van der Waals surface area (Å²) in [7, 11) is 7.82. The van der Waals surface area contributed by atoms with Gasteiger partial charge < -0.3 is 20.3 Å². The van der Waals surface area contributed by atoms with Gasteiger partial charge in [0.25, 0.3) is 0 Å². The van der Waals surface area contributed by atoms with Crippen molar-refractivity contribution in [2.75, 3.05) is 45.4 Å². The summed E-state index contributed by atoms with van der Waals surface area (Å²) in [6, 6.07) is 11.7. The molecule has 1 aromatic carbocycles. The van der Waals surface area contributed by atoms with Crippen molar-refractivity contribution in [3.8, 4) is 5.75 Å². The Morgan fingerprint density at radius 2 is 1.91 bits per heavy atom. The minimum atomic E-state index is -0.149. The Morgan fingerprint density at radius 3 is 2.56 bits per heavy atom. The first-order valence-electron chi connectivity index (χ1n) is 10.4.